The number of nitrogens with zero attached hydrogens (tertiary/aromatic N) is 6. The Kier molecular flexibility index (Phi) is 6.33. The summed E-state index contributed by atoms with van der Waals surface area (Å²) in [5.74, 6) is -0.366. The molecule has 2 N–H and O–H groups in total. The van der Waals surface area contributed by atoms with Crippen LogP contribution >= 0.6 is 0 Å². The standard InChI is InChI=1S/C17H24FN7O2/c18-15-10-13(25-12-14(11-21-22-20)27-17(25)26)2-3-16(15)24-8-6-23(7-9-24)5-1-4-19/h2-3,10,14H,1,4-9,11-12,19H2/t14-/m0/s1. The van der Waals surface area contributed by atoms with Crippen molar-refractivity contribution in [3.05, 3.63) is 34.5 Å². The number of anilines is 2. The van der Waals surface area contributed by atoms with E-state index in [9.17, 15) is 9.18 Å². The summed E-state index contributed by atoms with van der Waals surface area (Å²) in [5.41, 5.74) is 14.9. The first-order chi connectivity index (χ1) is 13.1. The van der Waals surface area contributed by atoms with Gasteiger partial charge >= 0.3 is 6.09 Å². The third kappa shape index (κ3) is 4.60. The number of halogens is 1. The molecule has 2 aliphatic heterocycles. The molecule has 2 heterocycles. The lowest BCUT2D eigenvalue weighted by atomic mass is 10.2. The highest BCUT2D eigenvalue weighted by atomic mass is 19.1. The van der Waals surface area contributed by atoms with Crippen molar-refractivity contribution in [2.24, 2.45) is 10.8 Å². The van der Waals surface area contributed by atoms with Crippen molar-refractivity contribution >= 4 is 17.5 Å². The van der Waals surface area contributed by atoms with E-state index >= 15 is 0 Å². The topological polar surface area (TPSA) is 111 Å². The van der Waals surface area contributed by atoms with Gasteiger partial charge in [-0.25, -0.2) is 9.18 Å². The molecule has 2 fully saturated rings. The zero-order valence-electron chi connectivity index (χ0n) is 15.1. The van der Waals surface area contributed by atoms with Crippen LogP contribution in [0.15, 0.2) is 23.3 Å². The van der Waals surface area contributed by atoms with Gasteiger partial charge in [-0.1, -0.05) is 5.11 Å². The maximum Gasteiger partial charge on any atom is 0.414 e. The van der Waals surface area contributed by atoms with Gasteiger partial charge in [0, 0.05) is 31.1 Å². The average Bonchev–Trinajstić information content (AvgIpc) is 3.05. The fraction of sp³-hybridized carbons (Fsp3) is 0.588. The van der Waals surface area contributed by atoms with E-state index in [0.29, 0.717) is 17.9 Å². The highest BCUT2D eigenvalue weighted by molar-refractivity contribution is 5.90. The molecular formula is C17H24FN7O2. The van der Waals surface area contributed by atoms with Gasteiger partial charge in [0.25, 0.3) is 0 Å². The summed E-state index contributed by atoms with van der Waals surface area (Å²) < 4.78 is 19.8. The molecule has 1 atom stereocenters. The summed E-state index contributed by atoms with van der Waals surface area (Å²) >= 11 is 0. The van der Waals surface area contributed by atoms with Crippen molar-refractivity contribution in [1.82, 2.24) is 4.90 Å². The second-order valence-electron chi connectivity index (χ2n) is 6.64. The second-order valence-corrected chi connectivity index (χ2v) is 6.64. The third-order valence-electron chi connectivity index (χ3n) is 4.86. The number of rotatable bonds is 7. The van der Waals surface area contributed by atoms with E-state index in [-0.39, 0.29) is 18.9 Å². The average molecular weight is 377 g/mol. The monoisotopic (exact) mass is 377 g/mol. The molecule has 146 valence electrons. The Balaban J connectivity index is 1.63. The Morgan fingerprint density at radius 2 is 2.11 bits per heavy atom. The van der Waals surface area contributed by atoms with E-state index in [0.717, 1.165) is 39.1 Å². The number of cyclic esters (lactones) is 1. The van der Waals surface area contributed by atoms with Crippen LogP contribution in [-0.2, 0) is 4.74 Å². The fourth-order valence-electron chi connectivity index (χ4n) is 3.40. The fourth-order valence-corrected chi connectivity index (χ4v) is 3.40. The first kappa shape index (κ1) is 19.2. The largest absolute Gasteiger partial charge is 0.444 e. The molecular weight excluding hydrogens is 353 g/mol. The van der Waals surface area contributed by atoms with E-state index in [4.69, 9.17) is 16.0 Å². The predicted molar refractivity (Wildman–Crippen MR) is 100 cm³/mol. The number of piperazine rings is 1. The molecule has 0 saturated carbocycles. The molecule has 27 heavy (non-hydrogen) atoms. The molecule has 2 aliphatic rings. The maximum absolute atomic E-state index is 14.7. The number of benzene rings is 1. The molecule has 0 aromatic heterocycles. The van der Waals surface area contributed by atoms with Crippen molar-refractivity contribution in [2.45, 2.75) is 12.5 Å². The highest BCUT2D eigenvalue weighted by Gasteiger charge is 2.32. The van der Waals surface area contributed by atoms with Crippen molar-refractivity contribution in [3.8, 4) is 0 Å². The molecule has 1 amide bonds. The Bertz CT molecular complexity index is 717. The van der Waals surface area contributed by atoms with Crippen LogP contribution in [0.5, 0.6) is 0 Å². The molecule has 0 spiro atoms. The molecule has 0 radical (unpaired) electrons. The summed E-state index contributed by atoms with van der Waals surface area (Å²) in [6, 6.07) is 4.78. The van der Waals surface area contributed by atoms with Gasteiger partial charge in [-0.2, -0.15) is 0 Å². The lowest BCUT2D eigenvalue weighted by Crippen LogP contribution is -2.47. The second kappa shape index (κ2) is 8.90. The number of nitrogens with two attached hydrogens (primary N) is 1. The van der Waals surface area contributed by atoms with E-state index in [1.807, 2.05) is 4.90 Å². The van der Waals surface area contributed by atoms with Gasteiger partial charge < -0.3 is 15.4 Å². The minimum Gasteiger partial charge on any atom is -0.444 e. The van der Waals surface area contributed by atoms with Crippen molar-refractivity contribution in [1.29, 1.82) is 0 Å². The predicted octanol–water partition coefficient (Wildman–Crippen LogP) is 1.93. The Morgan fingerprint density at radius 1 is 1.33 bits per heavy atom. The Morgan fingerprint density at radius 3 is 2.78 bits per heavy atom. The first-order valence-corrected chi connectivity index (χ1v) is 9.08. The zero-order valence-corrected chi connectivity index (χ0v) is 15.1. The van der Waals surface area contributed by atoms with Crippen LogP contribution in [0.2, 0.25) is 0 Å². The van der Waals surface area contributed by atoms with Gasteiger partial charge in [0.2, 0.25) is 0 Å². The minimum atomic E-state index is -0.561. The van der Waals surface area contributed by atoms with Crippen molar-refractivity contribution < 1.29 is 13.9 Å². The summed E-state index contributed by atoms with van der Waals surface area (Å²) in [6.07, 6.45) is -0.109. The third-order valence-corrected chi connectivity index (χ3v) is 4.86. The van der Waals surface area contributed by atoms with E-state index in [1.165, 1.54) is 11.0 Å². The van der Waals surface area contributed by atoms with Gasteiger partial charge in [-0.3, -0.25) is 9.80 Å². The molecule has 0 bridgehead atoms. The minimum absolute atomic E-state index is 0.0632. The molecule has 9 nitrogen and oxygen atoms in total. The van der Waals surface area contributed by atoms with Crippen molar-refractivity contribution in [3.63, 3.8) is 0 Å². The molecule has 1 aromatic rings. The van der Waals surface area contributed by atoms with Gasteiger partial charge in [0.05, 0.1) is 24.5 Å². The number of hydrogen-bond donors (Lipinski definition) is 1. The van der Waals surface area contributed by atoms with E-state index < -0.39 is 12.2 Å². The molecule has 1 aromatic carbocycles. The van der Waals surface area contributed by atoms with Crippen LogP contribution in [-0.4, -0.2) is 69.5 Å². The Hall–Kier alpha value is -2.55. The smallest absolute Gasteiger partial charge is 0.414 e. The summed E-state index contributed by atoms with van der Waals surface area (Å²) in [6.45, 7) is 5.20. The lowest BCUT2D eigenvalue weighted by Gasteiger charge is -2.36. The van der Waals surface area contributed by atoms with Crippen molar-refractivity contribution in [2.75, 3.05) is 62.2 Å². The molecule has 10 heteroatoms. The summed E-state index contributed by atoms with van der Waals surface area (Å²) in [4.78, 5) is 20.4. The number of carbonyl (C=O) groups excluding carboxylic acids is 1. The van der Waals surface area contributed by atoms with Crippen LogP contribution in [0.4, 0.5) is 20.6 Å². The van der Waals surface area contributed by atoms with Gasteiger partial charge in [0.1, 0.15) is 11.9 Å². The number of amides is 1. The number of ether oxygens (including phenoxy) is 1. The quantitative estimate of drug-likeness (QED) is 0.443. The Labute approximate surface area is 157 Å². The molecule has 3 rings (SSSR count). The molecule has 0 unspecified atom stereocenters. The van der Waals surface area contributed by atoms with Crippen LogP contribution in [0, 0.1) is 5.82 Å². The number of azide groups is 1. The summed E-state index contributed by atoms with van der Waals surface area (Å²) in [7, 11) is 0. The van der Waals surface area contributed by atoms with Gasteiger partial charge in [-0.05, 0) is 43.2 Å². The summed E-state index contributed by atoms with van der Waals surface area (Å²) in [5, 5.41) is 3.42. The molecule has 2 saturated heterocycles. The van der Waals surface area contributed by atoms with Crippen LogP contribution in [0.3, 0.4) is 0 Å². The van der Waals surface area contributed by atoms with Gasteiger partial charge in [0.15, 0.2) is 0 Å². The normalized spacial score (nSPS) is 20.5. The number of carbonyl (C=O) groups is 1. The van der Waals surface area contributed by atoms with E-state index in [1.54, 1.807) is 12.1 Å². The lowest BCUT2D eigenvalue weighted by molar-refractivity contribution is 0.145. The molecule has 0 aliphatic carbocycles. The van der Waals surface area contributed by atoms with Crippen LogP contribution < -0.4 is 15.5 Å². The zero-order chi connectivity index (χ0) is 19.2. The SMILES string of the molecule is [N-]=[N+]=NC[C@H]1CN(c2ccc(N3CCN(CCCN)CC3)c(F)c2)C(=O)O1. The first-order valence-electron chi connectivity index (χ1n) is 9.08. The maximum atomic E-state index is 14.7. The highest BCUT2D eigenvalue weighted by Crippen LogP contribution is 2.28. The van der Waals surface area contributed by atoms with E-state index in [2.05, 4.69) is 14.9 Å². The van der Waals surface area contributed by atoms with Crippen LogP contribution in [0.1, 0.15) is 6.42 Å². The van der Waals surface area contributed by atoms with Gasteiger partial charge in [-0.15, -0.1) is 0 Å². The number of hydrogen-bond acceptors (Lipinski definition) is 6. The van der Waals surface area contributed by atoms with Crippen LogP contribution in [0.25, 0.3) is 10.4 Å².